The van der Waals surface area contributed by atoms with Crippen molar-refractivity contribution in [3.05, 3.63) is 0 Å². The summed E-state index contributed by atoms with van der Waals surface area (Å²) in [4.78, 5) is 24.5. The van der Waals surface area contributed by atoms with Gasteiger partial charge < -0.3 is 9.47 Å². The first-order chi connectivity index (χ1) is 9.40. The molecule has 0 N–H and O–H groups in total. The minimum absolute atomic E-state index is 0.0193. The Labute approximate surface area is 124 Å². The third kappa shape index (κ3) is 1.74. The van der Waals surface area contributed by atoms with E-state index in [2.05, 4.69) is 13.8 Å². The van der Waals surface area contributed by atoms with E-state index in [1.54, 1.807) is 11.8 Å². The lowest BCUT2D eigenvalue weighted by molar-refractivity contribution is -0.157. The molecule has 3 rings (SSSR count). The largest absolute Gasteiger partial charge is 0.465 e. The molecule has 0 amide bonds. The monoisotopic (exact) mass is 298 g/mol. The number of carbonyl (C=O) groups excluding carboxylic acids is 2. The van der Waals surface area contributed by atoms with Crippen molar-refractivity contribution in [3.63, 3.8) is 0 Å². The summed E-state index contributed by atoms with van der Waals surface area (Å²) in [5.41, 5.74) is 0. The maximum absolute atomic E-state index is 12.5. The highest BCUT2D eigenvalue weighted by molar-refractivity contribution is 8.02. The van der Waals surface area contributed by atoms with Crippen molar-refractivity contribution < 1.29 is 19.1 Å². The Balaban J connectivity index is 1.86. The van der Waals surface area contributed by atoms with E-state index in [9.17, 15) is 9.59 Å². The molecule has 0 spiro atoms. The molecular weight excluding hydrogens is 276 g/mol. The molecule has 6 unspecified atom stereocenters. The van der Waals surface area contributed by atoms with E-state index in [0.717, 1.165) is 6.42 Å². The zero-order valence-electron chi connectivity index (χ0n) is 12.4. The van der Waals surface area contributed by atoms with Crippen molar-refractivity contribution >= 4 is 23.7 Å². The number of fused-ring (bicyclic) bond motifs is 1. The predicted molar refractivity (Wildman–Crippen MR) is 76.2 cm³/mol. The molecule has 6 atom stereocenters. The van der Waals surface area contributed by atoms with Crippen molar-refractivity contribution in [1.29, 1.82) is 0 Å². The molecule has 3 saturated heterocycles. The van der Waals surface area contributed by atoms with Crippen LogP contribution in [0.5, 0.6) is 0 Å². The van der Waals surface area contributed by atoms with Crippen LogP contribution in [-0.4, -0.2) is 34.6 Å². The normalized spacial score (nSPS) is 45.0. The number of thioether (sulfide) groups is 1. The maximum Gasteiger partial charge on any atom is 0.314 e. The van der Waals surface area contributed by atoms with Crippen molar-refractivity contribution in [3.8, 4) is 0 Å². The fourth-order valence-corrected chi connectivity index (χ4v) is 6.39. The highest BCUT2D eigenvalue weighted by atomic mass is 32.2. The molecular formula is C15H22O4S. The molecule has 0 aromatic heterocycles. The molecule has 3 aliphatic heterocycles. The Kier molecular flexibility index (Phi) is 3.31. The molecule has 20 heavy (non-hydrogen) atoms. The number of hydrogen-bond acceptors (Lipinski definition) is 5. The van der Waals surface area contributed by atoms with Crippen LogP contribution in [-0.2, 0) is 19.1 Å². The van der Waals surface area contributed by atoms with Crippen LogP contribution in [0.4, 0.5) is 0 Å². The van der Waals surface area contributed by atoms with Gasteiger partial charge in [0.2, 0.25) is 0 Å². The summed E-state index contributed by atoms with van der Waals surface area (Å²) in [6.45, 7) is 8.67. The van der Waals surface area contributed by atoms with Crippen LogP contribution in [0.1, 0.15) is 34.1 Å². The van der Waals surface area contributed by atoms with Gasteiger partial charge >= 0.3 is 11.9 Å². The van der Waals surface area contributed by atoms with Gasteiger partial charge in [-0.05, 0) is 18.8 Å². The van der Waals surface area contributed by atoms with Gasteiger partial charge in [-0.25, -0.2) is 0 Å². The zero-order chi connectivity index (χ0) is 14.7. The van der Waals surface area contributed by atoms with Crippen LogP contribution < -0.4 is 0 Å². The van der Waals surface area contributed by atoms with Crippen molar-refractivity contribution in [2.45, 2.75) is 50.2 Å². The molecule has 0 saturated carbocycles. The first-order valence-electron chi connectivity index (χ1n) is 7.45. The first kappa shape index (κ1) is 14.2. The Morgan fingerprint density at radius 1 is 1.50 bits per heavy atom. The molecule has 0 aliphatic carbocycles. The number of rotatable bonds is 4. The lowest BCUT2D eigenvalue weighted by Gasteiger charge is -2.36. The van der Waals surface area contributed by atoms with Crippen molar-refractivity contribution in [2.75, 3.05) is 6.61 Å². The SMILES string of the molecule is CCC1C2C(=O)OC3C2SC1(C)C3C(=O)OCC(C)C. The van der Waals surface area contributed by atoms with Gasteiger partial charge in [-0.1, -0.05) is 27.2 Å². The van der Waals surface area contributed by atoms with E-state index in [-0.39, 0.29) is 45.8 Å². The van der Waals surface area contributed by atoms with E-state index in [4.69, 9.17) is 9.47 Å². The summed E-state index contributed by atoms with van der Waals surface area (Å²) in [6, 6.07) is 0. The van der Waals surface area contributed by atoms with Crippen LogP contribution in [0.15, 0.2) is 0 Å². The second-order valence-electron chi connectivity index (χ2n) is 6.71. The number of esters is 2. The summed E-state index contributed by atoms with van der Waals surface area (Å²) >= 11 is 1.77. The topological polar surface area (TPSA) is 52.6 Å². The summed E-state index contributed by atoms with van der Waals surface area (Å²) in [6.07, 6.45) is 0.630. The third-order valence-corrected chi connectivity index (χ3v) is 6.86. The highest BCUT2D eigenvalue weighted by Crippen LogP contribution is 2.67. The molecule has 0 aromatic carbocycles. The summed E-state index contributed by atoms with van der Waals surface area (Å²) in [7, 11) is 0. The van der Waals surface area contributed by atoms with Crippen LogP contribution in [0.3, 0.4) is 0 Å². The standard InChI is InChI=1S/C15H22O4S/c1-5-8-9-12-11(19-13(9)16)10(15(8,4)20-12)14(17)18-6-7(2)3/h7-12H,5-6H2,1-4H3. The molecule has 5 heteroatoms. The second-order valence-corrected chi connectivity index (χ2v) is 8.37. The van der Waals surface area contributed by atoms with E-state index < -0.39 is 0 Å². The van der Waals surface area contributed by atoms with Gasteiger partial charge in [0, 0.05) is 4.75 Å². The molecule has 112 valence electrons. The van der Waals surface area contributed by atoms with Gasteiger partial charge in [0.05, 0.1) is 17.8 Å². The fourth-order valence-electron chi connectivity index (χ4n) is 4.14. The molecule has 3 heterocycles. The zero-order valence-corrected chi connectivity index (χ0v) is 13.2. The average molecular weight is 298 g/mol. The Morgan fingerprint density at radius 3 is 2.80 bits per heavy atom. The van der Waals surface area contributed by atoms with E-state index in [1.807, 2.05) is 13.8 Å². The van der Waals surface area contributed by atoms with Crippen LogP contribution >= 0.6 is 11.8 Å². The smallest absolute Gasteiger partial charge is 0.314 e. The lowest BCUT2D eigenvalue weighted by atomic mass is 9.66. The Hall–Kier alpha value is -0.710. The average Bonchev–Trinajstić information content (AvgIpc) is 2.90. The third-order valence-electron chi connectivity index (χ3n) is 4.96. The Bertz CT molecular complexity index is 449. The molecule has 3 fully saturated rings. The van der Waals surface area contributed by atoms with E-state index in [0.29, 0.717) is 12.5 Å². The number of carbonyl (C=O) groups is 2. The van der Waals surface area contributed by atoms with Crippen LogP contribution in [0, 0.1) is 23.7 Å². The van der Waals surface area contributed by atoms with Crippen molar-refractivity contribution in [1.82, 2.24) is 0 Å². The first-order valence-corrected chi connectivity index (χ1v) is 8.33. The van der Waals surface area contributed by atoms with Gasteiger partial charge in [0.1, 0.15) is 12.0 Å². The minimum Gasteiger partial charge on any atom is -0.465 e. The molecule has 4 nitrogen and oxygen atoms in total. The van der Waals surface area contributed by atoms with E-state index >= 15 is 0 Å². The molecule has 0 radical (unpaired) electrons. The van der Waals surface area contributed by atoms with Crippen LogP contribution in [0.25, 0.3) is 0 Å². The van der Waals surface area contributed by atoms with Gasteiger partial charge in [-0.2, -0.15) is 0 Å². The summed E-state index contributed by atoms with van der Waals surface area (Å²) < 4.78 is 10.7. The van der Waals surface area contributed by atoms with Gasteiger partial charge in [-0.15, -0.1) is 11.8 Å². The summed E-state index contributed by atoms with van der Waals surface area (Å²) in [5.74, 6) is -0.0766. The fraction of sp³-hybridized carbons (Fsp3) is 0.867. The van der Waals surface area contributed by atoms with Crippen LogP contribution in [0.2, 0.25) is 0 Å². The molecule has 2 bridgehead atoms. The molecule has 3 aliphatic rings. The maximum atomic E-state index is 12.5. The van der Waals surface area contributed by atoms with E-state index in [1.165, 1.54) is 0 Å². The quantitative estimate of drug-likeness (QED) is 0.745. The predicted octanol–water partition coefficient (Wildman–Crippen LogP) is 2.26. The lowest BCUT2D eigenvalue weighted by Crippen LogP contribution is -2.49. The van der Waals surface area contributed by atoms with Gasteiger partial charge in [-0.3, -0.25) is 9.59 Å². The van der Waals surface area contributed by atoms with Crippen molar-refractivity contribution in [2.24, 2.45) is 23.7 Å². The number of hydrogen-bond donors (Lipinski definition) is 0. The van der Waals surface area contributed by atoms with Gasteiger partial charge in [0.15, 0.2) is 0 Å². The second kappa shape index (κ2) is 4.65. The van der Waals surface area contributed by atoms with Gasteiger partial charge in [0.25, 0.3) is 0 Å². The number of ether oxygens (including phenoxy) is 2. The Morgan fingerprint density at radius 2 is 2.20 bits per heavy atom. The highest BCUT2D eigenvalue weighted by Gasteiger charge is 2.74. The summed E-state index contributed by atoms with van der Waals surface area (Å²) in [5, 5.41) is 0.147. The molecule has 0 aromatic rings. The minimum atomic E-state index is -0.302.